The monoisotopic (exact) mass is 358 g/mol. The Labute approximate surface area is 155 Å². The number of hydrogen-bond donors (Lipinski definition) is 1. The third-order valence-corrected chi connectivity index (χ3v) is 4.44. The van der Waals surface area contributed by atoms with Gasteiger partial charge in [0.25, 0.3) is 0 Å². The first-order valence-corrected chi connectivity index (χ1v) is 9.19. The first-order valence-electron chi connectivity index (χ1n) is 9.19. The molecule has 7 nitrogen and oxygen atoms in total. The maximum absolute atomic E-state index is 5.89. The van der Waals surface area contributed by atoms with E-state index < -0.39 is 0 Å². The van der Waals surface area contributed by atoms with Crippen LogP contribution < -0.4 is 4.90 Å². The van der Waals surface area contributed by atoms with Gasteiger partial charge in [0.15, 0.2) is 5.82 Å². The van der Waals surface area contributed by atoms with Crippen molar-refractivity contribution in [1.82, 2.24) is 25.1 Å². The maximum Gasteiger partial charge on any atom is 0.181 e. The molecule has 0 unspecified atom stereocenters. The van der Waals surface area contributed by atoms with Crippen molar-refractivity contribution in [1.29, 1.82) is 0 Å². The van der Waals surface area contributed by atoms with Gasteiger partial charge in [-0.05, 0) is 6.92 Å². The molecule has 2 aromatic rings. The molecule has 3 rings (SSSR count). The maximum atomic E-state index is 5.89. The van der Waals surface area contributed by atoms with Gasteiger partial charge in [0.05, 0.1) is 18.8 Å². The number of morpholine rings is 1. The largest absolute Gasteiger partial charge is 0.366 e. The van der Waals surface area contributed by atoms with E-state index in [-0.39, 0.29) is 16.9 Å². The molecule has 2 aromatic heterocycles. The fourth-order valence-corrected chi connectivity index (χ4v) is 2.83. The van der Waals surface area contributed by atoms with E-state index in [0.717, 1.165) is 29.7 Å². The van der Waals surface area contributed by atoms with Crippen LogP contribution in [-0.2, 0) is 15.6 Å². The molecular weight excluding hydrogens is 328 g/mol. The quantitative estimate of drug-likeness (QED) is 0.889. The molecule has 1 atom stereocenters. The van der Waals surface area contributed by atoms with Crippen molar-refractivity contribution < 1.29 is 4.74 Å². The van der Waals surface area contributed by atoms with Crippen LogP contribution in [0.1, 0.15) is 70.8 Å². The molecule has 1 N–H and O–H groups in total. The molecule has 0 radical (unpaired) electrons. The van der Waals surface area contributed by atoms with E-state index in [0.29, 0.717) is 19.0 Å². The van der Waals surface area contributed by atoms with Crippen LogP contribution >= 0.6 is 0 Å². The number of hydrogen-bond acceptors (Lipinski definition) is 6. The predicted octanol–water partition coefficient (Wildman–Crippen LogP) is 3.08. The Morgan fingerprint density at radius 1 is 1.08 bits per heavy atom. The molecule has 26 heavy (non-hydrogen) atoms. The van der Waals surface area contributed by atoms with Crippen molar-refractivity contribution in [2.75, 3.05) is 24.6 Å². The van der Waals surface area contributed by atoms with Crippen molar-refractivity contribution in [3.8, 4) is 0 Å². The van der Waals surface area contributed by atoms with Gasteiger partial charge in [-0.15, -0.1) is 0 Å². The van der Waals surface area contributed by atoms with Crippen molar-refractivity contribution in [2.24, 2.45) is 0 Å². The molecule has 142 valence electrons. The second-order valence-electron chi connectivity index (χ2n) is 9.02. The Kier molecular flexibility index (Phi) is 4.77. The standard InChI is InChI=1S/C19H30N6O/c1-12-20-16(24-23-12)13-11-25(8-9-26-13)15-10-14(18(2,3)4)21-17(22-15)19(5,6)7/h10,13H,8-9,11H2,1-7H3,(H,20,23,24)/t13-/m0/s1. The lowest BCUT2D eigenvalue weighted by molar-refractivity contribution is 0.0339. The summed E-state index contributed by atoms with van der Waals surface area (Å²) >= 11 is 0. The molecule has 0 saturated carbocycles. The highest BCUT2D eigenvalue weighted by Crippen LogP contribution is 2.30. The number of rotatable bonds is 2. The minimum absolute atomic E-state index is 0.0375. The van der Waals surface area contributed by atoms with E-state index in [1.54, 1.807) is 0 Å². The van der Waals surface area contributed by atoms with E-state index in [9.17, 15) is 0 Å². The molecule has 0 aliphatic carbocycles. The van der Waals surface area contributed by atoms with E-state index in [2.05, 4.69) is 67.7 Å². The molecule has 1 fully saturated rings. The second-order valence-corrected chi connectivity index (χ2v) is 9.02. The van der Waals surface area contributed by atoms with E-state index >= 15 is 0 Å². The zero-order valence-electron chi connectivity index (χ0n) is 16.9. The van der Waals surface area contributed by atoms with E-state index in [1.807, 2.05) is 6.92 Å². The van der Waals surface area contributed by atoms with Gasteiger partial charge in [-0.25, -0.2) is 15.0 Å². The fraction of sp³-hybridized carbons (Fsp3) is 0.684. The van der Waals surface area contributed by atoms with Crippen molar-refractivity contribution in [2.45, 2.75) is 65.4 Å². The minimum Gasteiger partial charge on any atom is -0.366 e. The third kappa shape index (κ3) is 4.03. The summed E-state index contributed by atoms with van der Waals surface area (Å²) in [6.45, 7) is 17.0. The SMILES string of the molecule is Cc1nc([C@@H]2CN(c3cc(C(C)(C)C)nc(C(C)(C)C)n3)CCO2)n[nH]1. The zero-order valence-corrected chi connectivity index (χ0v) is 16.9. The third-order valence-electron chi connectivity index (χ3n) is 4.44. The van der Waals surface area contributed by atoms with Gasteiger partial charge < -0.3 is 9.64 Å². The van der Waals surface area contributed by atoms with Crippen LogP contribution in [-0.4, -0.2) is 44.8 Å². The van der Waals surface area contributed by atoms with E-state index in [4.69, 9.17) is 14.7 Å². The highest BCUT2D eigenvalue weighted by Gasteiger charge is 2.29. The molecule has 7 heteroatoms. The summed E-state index contributed by atoms with van der Waals surface area (Å²) in [7, 11) is 0. The van der Waals surface area contributed by atoms with Crippen LogP contribution in [0.3, 0.4) is 0 Å². The van der Waals surface area contributed by atoms with Gasteiger partial charge in [-0.1, -0.05) is 41.5 Å². The Morgan fingerprint density at radius 2 is 1.81 bits per heavy atom. The average molecular weight is 358 g/mol. The van der Waals surface area contributed by atoms with Gasteiger partial charge in [0.1, 0.15) is 23.6 Å². The number of ether oxygens (including phenoxy) is 1. The molecule has 0 aromatic carbocycles. The highest BCUT2D eigenvalue weighted by atomic mass is 16.5. The number of aromatic amines is 1. The molecule has 1 saturated heterocycles. The summed E-state index contributed by atoms with van der Waals surface area (Å²) in [6.07, 6.45) is -0.153. The molecule has 1 aliphatic rings. The summed E-state index contributed by atoms with van der Waals surface area (Å²) in [5, 5.41) is 7.15. The van der Waals surface area contributed by atoms with E-state index in [1.165, 1.54) is 0 Å². The lowest BCUT2D eigenvalue weighted by atomic mass is 9.90. The molecule has 3 heterocycles. The molecule has 0 bridgehead atoms. The number of anilines is 1. The summed E-state index contributed by atoms with van der Waals surface area (Å²) in [5.74, 6) is 3.33. The topological polar surface area (TPSA) is 79.8 Å². The number of H-pyrrole nitrogens is 1. The second kappa shape index (κ2) is 6.61. The van der Waals surface area contributed by atoms with Crippen LogP contribution in [0.4, 0.5) is 5.82 Å². The van der Waals surface area contributed by atoms with Gasteiger partial charge in [-0.2, -0.15) is 5.10 Å². The minimum atomic E-state index is -0.153. The number of nitrogens with zero attached hydrogens (tertiary/aromatic N) is 5. The zero-order chi connectivity index (χ0) is 19.1. The van der Waals surface area contributed by atoms with Crippen LogP contribution in [0, 0.1) is 6.92 Å². The molecule has 0 amide bonds. The smallest absolute Gasteiger partial charge is 0.181 e. The fourth-order valence-electron chi connectivity index (χ4n) is 2.83. The number of aryl methyl sites for hydroxylation is 1. The van der Waals surface area contributed by atoms with Gasteiger partial charge >= 0.3 is 0 Å². The van der Waals surface area contributed by atoms with Crippen molar-refractivity contribution >= 4 is 5.82 Å². The van der Waals surface area contributed by atoms with Crippen molar-refractivity contribution in [3.05, 3.63) is 29.2 Å². The number of aromatic nitrogens is 5. The lowest BCUT2D eigenvalue weighted by Gasteiger charge is -2.34. The normalized spacial score (nSPS) is 19.0. The lowest BCUT2D eigenvalue weighted by Crippen LogP contribution is -2.40. The molecule has 0 spiro atoms. The van der Waals surface area contributed by atoms with Gasteiger partial charge in [-0.3, -0.25) is 5.10 Å². The first-order chi connectivity index (χ1) is 12.0. The number of nitrogens with one attached hydrogen (secondary N) is 1. The van der Waals surface area contributed by atoms with Crippen LogP contribution in [0.5, 0.6) is 0 Å². The molecule has 1 aliphatic heterocycles. The van der Waals surface area contributed by atoms with Gasteiger partial charge in [0.2, 0.25) is 0 Å². The van der Waals surface area contributed by atoms with Crippen LogP contribution in [0.25, 0.3) is 0 Å². The average Bonchev–Trinajstić information content (AvgIpc) is 2.99. The Hall–Kier alpha value is -2.02. The van der Waals surface area contributed by atoms with Crippen LogP contribution in [0.2, 0.25) is 0 Å². The summed E-state index contributed by atoms with van der Waals surface area (Å²) in [6, 6.07) is 2.11. The summed E-state index contributed by atoms with van der Waals surface area (Å²) < 4.78 is 5.89. The Morgan fingerprint density at radius 3 is 2.38 bits per heavy atom. The Bertz CT molecular complexity index is 739. The summed E-state index contributed by atoms with van der Waals surface area (Å²) in [4.78, 5) is 16.4. The highest BCUT2D eigenvalue weighted by molar-refractivity contribution is 5.43. The van der Waals surface area contributed by atoms with Crippen molar-refractivity contribution in [3.63, 3.8) is 0 Å². The van der Waals surface area contributed by atoms with Gasteiger partial charge in [0, 0.05) is 23.4 Å². The summed E-state index contributed by atoms with van der Waals surface area (Å²) in [5.41, 5.74) is 0.913. The Balaban J connectivity index is 1.94. The first kappa shape index (κ1) is 18.8. The predicted molar refractivity (Wildman–Crippen MR) is 101 cm³/mol. The molecular formula is C19H30N6O. The van der Waals surface area contributed by atoms with Crippen LogP contribution in [0.15, 0.2) is 6.07 Å².